The van der Waals surface area contributed by atoms with E-state index in [-0.39, 0.29) is 11.7 Å². The van der Waals surface area contributed by atoms with Crippen LogP contribution in [0.5, 0.6) is 0 Å². The first-order chi connectivity index (χ1) is 17.7. The Bertz CT molecular complexity index is 486. The fourth-order valence-electron chi connectivity index (χ4n) is 2.45. The maximum atomic E-state index is 11.4. The molecule has 1 amide bonds. The Kier molecular flexibility index (Phi) is 29.0. The Hall–Kier alpha value is -1.22. The third-order valence-corrected chi connectivity index (χ3v) is 4.37. The second kappa shape index (κ2) is 30.0. The maximum Gasteiger partial charge on any atom is 0.221 e. The van der Waals surface area contributed by atoms with Crippen LogP contribution in [0.2, 0.25) is 0 Å². The molecule has 0 aromatic heterocycles. The fourth-order valence-corrected chi connectivity index (χ4v) is 2.45. The first-order valence-corrected chi connectivity index (χ1v) is 12.7. The van der Waals surface area contributed by atoms with Crippen molar-refractivity contribution >= 4 is 11.7 Å². The lowest BCUT2D eigenvalue weighted by molar-refractivity contribution is -0.121. The summed E-state index contributed by atoms with van der Waals surface area (Å²) in [5.74, 6) is 0.142. The number of ether oxygens (including phenoxy) is 8. The summed E-state index contributed by atoms with van der Waals surface area (Å²) in [5, 5.41) is 5.71. The van der Waals surface area contributed by atoms with Crippen LogP contribution in [0.1, 0.15) is 19.8 Å². The van der Waals surface area contributed by atoms with Crippen LogP contribution in [0.15, 0.2) is 0 Å². The van der Waals surface area contributed by atoms with Gasteiger partial charge in [-0.15, -0.1) is 0 Å². The van der Waals surface area contributed by atoms with E-state index in [0.717, 1.165) is 0 Å². The van der Waals surface area contributed by atoms with Crippen LogP contribution in [0.3, 0.4) is 0 Å². The number of hydrogen-bond donors (Lipinski definition) is 2. The van der Waals surface area contributed by atoms with Crippen molar-refractivity contribution in [2.75, 3.05) is 126 Å². The van der Waals surface area contributed by atoms with E-state index in [1.807, 2.05) is 7.05 Å². The molecule has 0 spiro atoms. The zero-order chi connectivity index (χ0) is 26.4. The Morgan fingerprint density at radius 2 is 0.806 bits per heavy atom. The van der Waals surface area contributed by atoms with Gasteiger partial charge in [-0.2, -0.15) is 0 Å². The van der Waals surface area contributed by atoms with Gasteiger partial charge in [0, 0.05) is 25.9 Å². The summed E-state index contributed by atoms with van der Waals surface area (Å²) in [5.41, 5.74) is 0. The lowest BCUT2D eigenvalue weighted by Crippen LogP contribution is -2.29. The molecule has 0 aliphatic heterocycles. The van der Waals surface area contributed by atoms with Gasteiger partial charge in [0.05, 0.1) is 106 Å². The smallest absolute Gasteiger partial charge is 0.221 e. The number of ketones is 1. The zero-order valence-corrected chi connectivity index (χ0v) is 22.2. The van der Waals surface area contributed by atoms with Gasteiger partial charge in [0.1, 0.15) is 5.78 Å². The van der Waals surface area contributed by atoms with Crippen molar-refractivity contribution in [3.05, 3.63) is 0 Å². The summed E-state index contributed by atoms with van der Waals surface area (Å²) in [4.78, 5) is 22.1. The highest BCUT2D eigenvalue weighted by molar-refractivity contribution is 5.76. The van der Waals surface area contributed by atoms with Crippen molar-refractivity contribution in [3.8, 4) is 0 Å². The molecular weight excluding hydrogens is 476 g/mol. The molecule has 0 heterocycles. The first kappa shape index (κ1) is 34.8. The molecule has 0 radical (unpaired) electrons. The van der Waals surface area contributed by atoms with Crippen molar-refractivity contribution in [1.82, 2.24) is 10.6 Å². The van der Waals surface area contributed by atoms with E-state index in [9.17, 15) is 9.59 Å². The Morgan fingerprint density at radius 1 is 0.472 bits per heavy atom. The fraction of sp³-hybridized carbons (Fsp3) is 0.917. The lowest BCUT2D eigenvalue weighted by Gasteiger charge is -2.09. The van der Waals surface area contributed by atoms with E-state index in [2.05, 4.69) is 10.6 Å². The lowest BCUT2D eigenvalue weighted by atomic mass is 10.3. The molecular formula is C24H48N2O10. The van der Waals surface area contributed by atoms with E-state index in [1.165, 1.54) is 0 Å². The number of nitrogens with one attached hydrogen (secondary N) is 2. The minimum Gasteiger partial charge on any atom is -0.379 e. The normalized spacial score (nSPS) is 11.2. The third kappa shape index (κ3) is 30.8. The number of rotatable bonds is 30. The van der Waals surface area contributed by atoms with Crippen LogP contribution in [0, 0.1) is 0 Å². The Labute approximate surface area is 215 Å². The van der Waals surface area contributed by atoms with E-state index in [4.69, 9.17) is 37.9 Å². The molecule has 0 rings (SSSR count). The van der Waals surface area contributed by atoms with Crippen molar-refractivity contribution in [2.45, 2.75) is 19.8 Å². The molecule has 0 aromatic rings. The van der Waals surface area contributed by atoms with Gasteiger partial charge in [-0.25, -0.2) is 0 Å². The van der Waals surface area contributed by atoms with Crippen molar-refractivity contribution in [1.29, 1.82) is 0 Å². The summed E-state index contributed by atoms with van der Waals surface area (Å²) in [7, 11) is 1.81. The summed E-state index contributed by atoms with van der Waals surface area (Å²) >= 11 is 0. The molecule has 0 atom stereocenters. The topological polar surface area (TPSA) is 132 Å². The molecule has 0 saturated carbocycles. The molecule has 36 heavy (non-hydrogen) atoms. The average molecular weight is 525 g/mol. The standard InChI is InChI=1S/C24H48N2O10/c1-23(27)4-7-29-9-11-31-13-15-33-17-19-35-21-22-36-20-18-34-16-14-32-12-10-30-8-6-26-24(28)3-5-25-2/h25H,3-22H2,1-2H3,(H,26,28). The largest absolute Gasteiger partial charge is 0.379 e. The van der Waals surface area contributed by atoms with E-state index in [1.54, 1.807) is 6.92 Å². The van der Waals surface area contributed by atoms with Gasteiger partial charge in [0.25, 0.3) is 0 Å². The molecule has 0 unspecified atom stereocenters. The van der Waals surface area contributed by atoms with Gasteiger partial charge in [-0.3, -0.25) is 9.59 Å². The van der Waals surface area contributed by atoms with E-state index < -0.39 is 0 Å². The molecule has 0 aliphatic carbocycles. The molecule has 12 nitrogen and oxygen atoms in total. The number of hydrogen-bond acceptors (Lipinski definition) is 11. The predicted molar refractivity (Wildman–Crippen MR) is 133 cm³/mol. The predicted octanol–water partition coefficient (Wildman–Crippen LogP) is -0.176. The van der Waals surface area contributed by atoms with E-state index >= 15 is 0 Å². The number of carbonyl (C=O) groups is 2. The molecule has 0 aromatic carbocycles. The van der Waals surface area contributed by atoms with E-state index in [0.29, 0.717) is 132 Å². The SMILES string of the molecule is CNCCC(=O)NCCOCCOCCOCCOCCOCCOCCOCCOCCC(C)=O. The summed E-state index contributed by atoms with van der Waals surface area (Å²) in [6, 6.07) is 0. The van der Waals surface area contributed by atoms with Gasteiger partial charge in [-0.1, -0.05) is 0 Å². The van der Waals surface area contributed by atoms with Crippen molar-refractivity contribution < 1.29 is 47.5 Å². The second-order valence-corrected chi connectivity index (χ2v) is 7.55. The third-order valence-electron chi connectivity index (χ3n) is 4.37. The number of amides is 1. The highest BCUT2D eigenvalue weighted by Gasteiger charge is 1.99. The summed E-state index contributed by atoms with van der Waals surface area (Å²) in [6.45, 7) is 10.5. The number of carbonyl (C=O) groups excluding carboxylic acids is 2. The monoisotopic (exact) mass is 524 g/mol. The minimum absolute atomic E-state index is 0.0168. The molecule has 0 fully saturated rings. The van der Waals surface area contributed by atoms with Crippen LogP contribution in [0.4, 0.5) is 0 Å². The molecule has 0 saturated heterocycles. The molecule has 0 aliphatic rings. The molecule has 2 N–H and O–H groups in total. The maximum absolute atomic E-state index is 11.4. The highest BCUT2D eigenvalue weighted by Crippen LogP contribution is 1.87. The molecule has 0 bridgehead atoms. The van der Waals surface area contributed by atoms with Gasteiger partial charge in [0.15, 0.2) is 0 Å². The van der Waals surface area contributed by atoms with Crippen LogP contribution < -0.4 is 10.6 Å². The zero-order valence-electron chi connectivity index (χ0n) is 22.2. The summed E-state index contributed by atoms with van der Waals surface area (Å²) in [6.07, 6.45) is 0.910. The molecule has 214 valence electrons. The minimum atomic E-state index is 0.0168. The summed E-state index contributed by atoms with van der Waals surface area (Å²) < 4.78 is 43.1. The van der Waals surface area contributed by atoms with Gasteiger partial charge in [-0.05, 0) is 14.0 Å². The van der Waals surface area contributed by atoms with Crippen LogP contribution in [0.25, 0.3) is 0 Å². The number of Topliss-reactive ketones (excluding diaryl/α,β-unsaturated/α-hetero) is 1. The van der Waals surface area contributed by atoms with Crippen LogP contribution >= 0.6 is 0 Å². The molecule has 12 heteroatoms. The van der Waals surface area contributed by atoms with Crippen LogP contribution in [-0.2, 0) is 47.5 Å². The average Bonchev–Trinajstić information content (AvgIpc) is 2.86. The Balaban J connectivity index is 3.06. The van der Waals surface area contributed by atoms with Gasteiger partial charge in [0.2, 0.25) is 5.91 Å². The van der Waals surface area contributed by atoms with Crippen LogP contribution in [-0.4, -0.2) is 138 Å². The van der Waals surface area contributed by atoms with Gasteiger partial charge >= 0.3 is 0 Å². The van der Waals surface area contributed by atoms with Crippen molar-refractivity contribution in [2.24, 2.45) is 0 Å². The van der Waals surface area contributed by atoms with Gasteiger partial charge < -0.3 is 48.5 Å². The second-order valence-electron chi connectivity index (χ2n) is 7.55. The quantitative estimate of drug-likeness (QED) is 0.121. The first-order valence-electron chi connectivity index (χ1n) is 12.7. The van der Waals surface area contributed by atoms with Crippen molar-refractivity contribution in [3.63, 3.8) is 0 Å². The highest BCUT2D eigenvalue weighted by atomic mass is 16.6. The Morgan fingerprint density at radius 3 is 1.14 bits per heavy atom.